The molecule has 0 bridgehead atoms. The van der Waals surface area contributed by atoms with E-state index < -0.39 is 23.2 Å². The summed E-state index contributed by atoms with van der Waals surface area (Å²) in [6.45, 7) is 0. The van der Waals surface area contributed by atoms with Crippen LogP contribution in [0.5, 0.6) is 0 Å². The van der Waals surface area contributed by atoms with Gasteiger partial charge in [-0.2, -0.15) is 13.2 Å². The zero-order valence-corrected chi connectivity index (χ0v) is 7.97. The maximum absolute atomic E-state index is 12.9. The molecule has 0 aliphatic carbocycles. The number of hydrogen-bond acceptors (Lipinski definition) is 2. The summed E-state index contributed by atoms with van der Waals surface area (Å²) in [6.07, 6.45) is -3.18. The minimum absolute atomic E-state index is 0.221. The van der Waals surface area contributed by atoms with Gasteiger partial charge in [0, 0.05) is 4.90 Å². The van der Waals surface area contributed by atoms with Gasteiger partial charge in [0.05, 0.1) is 5.69 Å². The molecular formula is C8H7F4NS. The van der Waals surface area contributed by atoms with Crippen LogP contribution in [0.3, 0.4) is 0 Å². The van der Waals surface area contributed by atoms with Crippen molar-refractivity contribution in [3.8, 4) is 0 Å². The molecule has 1 aromatic carbocycles. The average Bonchev–Trinajstić information content (AvgIpc) is 2.02. The molecule has 0 fully saturated rings. The zero-order valence-electron chi connectivity index (χ0n) is 7.15. The van der Waals surface area contributed by atoms with E-state index in [1.54, 1.807) is 6.26 Å². The largest absolute Gasteiger partial charge is 0.421 e. The minimum atomic E-state index is -4.75. The number of benzene rings is 1. The minimum Gasteiger partial charge on any atom is -0.397 e. The lowest BCUT2D eigenvalue weighted by molar-refractivity contribution is -0.139. The Morgan fingerprint density at radius 2 is 1.86 bits per heavy atom. The number of rotatable bonds is 1. The topological polar surface area (TPSA) is 26.0 Å². The smallest absolute Gasteiger partial charge is 0.397 e. The Morgan fingerprint density at radius 1 is 1.29 bits per heavy atom. The Hall–Kier alpha value is -0.910. The first-order valence-corrected chi connectivity index (χ1v) is 4.79. The van der Waals surface area contributed by atoms with Gasteiger partial charge in [-0.3, -0.25) is 0 Å². The second-order valence-electron chi connectivity index (χ2n) is 2.54. The molecule has 0 radical (unpaired) electrons. The van der Waals surface area contributed by atoms with E-state index in [1.807, 2.05) is 0 Å². The van der Waals surface area contributed by atoms with Crippen LogP contribution in [0, 0.1) is 5.82 Å². The van der Waals surface area contributed by atoms with Crippen molar-refractivity contribution in [1.29, 1.82) is 0 Å². The summed E-state index contributed by atoms with van der Waals surface area (Å²) in [6, 6.07) is 2.00. The molecule has 78 valence electrons. The third-order valence-electron chi connectivity index (χ3n) is 1.66. The molecule has 0 aliphatic heterocycles. The van der Waals surface area contributed by atoms with Gasteiger partial charge in [-0.25, -0.2) is 4.39 Å². The third-order valence-corrected chi connectivity index (χ3v) is 2.45. The molecular weight excluding hydrogens is 218 g/mol. The summed E-state index contributed by atoms with van der Waals surface area (Å²) in [5.41, 5.74) is 3.26. The van der Waals surface area contributed by atoms with Gasteiger partial charge in [-0.15, -0.1) is 11.8 Å². The van der Waals surface area contributed by atoms with Crippen molar-refractivity contribution in [2.24, 2.45) is 0 Å². The molecule has 0 aromatic heterocycles. The number of nitrogen functional groups attached to an aromatic ring is 1. The van der Waals surface area contributed by atoms with Crippen LogP contribution in [0.15, 0.2) is 17.0 Å². The van der Waals surface area contributed by atoms with Crippen molar-refractivity contribution in [2.45, 2.75) is 11.1 Å². The van der Waals surface area contributed by atoms with Gasteiger partial charge in [-0.05, 0) is 18.4 Å². The first kappa shape index (κ1) is 11.2. The molecule has 1 nitrogen and oxygen atoms in total. The molecule has 0 amide bonds. The summed E-state index contributed by atoms with van der Waals surface area (Å²) in [7, 11) is 0. The molecule has 0 aliphatic rings. The van der Waals surface area contributed by atoms with E-state index >= 15 is 0 Å². The number of nitrogens with two attached hydrogens (primary N) is 1. The van der Waals surface area contributed by atoms with E-state index in [2.05, 4.69) is 0 Å². The fraction of sp³-hybridized carbons (Fsp3) is 0.250. The van der Waals surface area contributed by atoms with Gasteiger partial charge in [0.1, 0.15) is 11.4 Å². The monoisotopic (exact) mass is 225 g/mol. The second kappa shape index (κ2) is 3.68. The van der Waals surface area contributed by atoms with Gasteiger partial charge in [0.25, 0.3) is 0 Å². The number of thioether (sulfide) groups is 1. The molecule has 1 rings (SSSR count). The standard InChI is InChI=1S/C8H7F4NS/c1-14-5-3-2-4(9)6(7(5)13)8(10,11)12/h2-3H,13H2,1H3. The molecule has 0 atom stereocenters. The van der Waals surface area contributed by atoms with Gasteiger partial charge >= 0.3 is 6.18 Å². The van der Waals surface area contributed by atoms with E-state index in [4.69, 9.17) is 5.73 Å². The predicted octanol–water partition coefficient (Wildman–Crippen LogP) is 3.15. The van der Waals surface area contributed by atoms with Crippen molar-refractivity contribution in [3.63, 3.8) is 0 Å². The van der Waals surface area contributed by atoms with Crippen molar-refractivity contribution in [2.75, 3.05) is 12.0 Å². The molecule has 2 N–H and O–H groups in total. The van der Waals surface area contributed by atoms with Crippen LogP contribution in [0.2, 0.25) is 0 Å². The fourth-order valence-electron chi connectivity index (χ4n) is 1.04. The van der Waals surface area contributed by atoms with Gasteiger partial charge in [0.2, 0.25) is 0 Å². The summed E-state index contributed by atoms with van der Waals surface area (Å²) in [4.78, 5) is 0.221. The highest BCUT2D eigenvalue weighted by atomic mass is 32.2. The van der Waals surface area contributed by atoms with Crippen LogP contribution in [0.4, 0.5) is 23.2 Å². The normalized spacial score (nSPS) is 11.8. The maximum atomic E-state index is 12.9. The SMILES string of the molecule is CSc1ccc(F)c(C(F)(F)F)c1N. The van der Waals surface area contributed by atoms with E-state index in [1.165, 1.54) is 6.07 Å². The Balaban J connectivity index is 3.40. The molecule has 0 saturated carbocycles. The van der Waals surface area contributed by atoms with Crippen LogP contribution in [-0.4, -0.2) is 6.26 Å². The van der Waals surface area contributed by atoms with Crippen molar-refractivity contribution in [3.05, 3.63) is 23.5 Å². The van der Waals surface area contributed by atoms with Crippen LogP contribution in [0.25, 0.3) is 0 Å². The first-order valence-electron chi connectivity index (χ1n) is 3.57. The molecule has 0 unspecified atom stereocenters. The van der Waals surface area contributed by atoms with Crippen molar-refractivity contribution >= 4 is 17.4 Å². The third kappa shape index (κ3) is 1.95. The highest BCUT2D eigenvalue weighted by Gasteiger charge is 2.37. The van der Waals surface area contributed by atoms with E-state index in [9.17, 15) is 17.6 Å². The second-order valence-corrected chi connectivity index (χ2v) is 3.38. The Bertz CT molecular complexity index is 348. The Kier molecular flexibility index (Phi) is 2.94. The molecule has 6 heteroatoms. The van der Waals surface area contributed by atoms with Crippen molar-refractivity contribution < 1.29 is 17.6 Å². The van der Waals surface area contributed by atoms with Gasteiger partial charge in [0.15, 0.2) is 0 Å². The first-order chi connectivity index (χ1) is 6.38. The van der Waals surface area contributed by atoms with Crippen molar-refractivity contribution in [1.82, 2.24) is 0 Å². The zero-order chi connectivity index (χ0) is 10.9. The molecule has 1 aromatic rings. The molecule has 14 heavy (non-hydrogen) atoms. The number of halogens is 4. The van der Waals surface area contributed by atoms with Gasteiger partial charge in [-0.1, -0.05) is 0 Å². The number of hydrogen-bond donors (Lipinski definition) is 1. The van der Waals surface area contributed by atoms with E-state index in [0.717, 1.165) is 17.8 Å². The van der Waals surface area contributed by atoms with E-state index in [-0.39, 0.29) is 4.90 Å². The molecule has 0 saturated heterocycles. The van der Waals surface area contributed by atoms with Crippen LogP contribution in [-0.2, 0) is 6.18 Å². The molecule has 0 spiro atoms. The average molecular weight is 225 g/mol. The predicted molar refractivity (Wildman–Crippen MR) is 47.6 cm³/mol. The molecule has 0 heterocycles. The summed E-state index contributed by atoms with van der Waals surface area (Å²) >= 11 is 1.04. The number of anilines is 1. The van der Waals surface area contributed by atoms with Crippen LogP contribution >= 0.6 is 11.8 Å². The lowest BCUT2D eigenvalue weighted by Crippen LogP contribution is -2.12. The lowest BCUT2D eigenvalue weighted by atomic mass is 10.1. The summed E-state index contributed by atoms with van der Waals surface area (Å²) < 4.78 is 49.7. The Labute approximate surface area is 82.3 Å². The Morgan fingerprint density at radius 3 is 2.29 bits per heavy atom. The van der Waals surface area contributed by atoms with Gasteiger partial charge < -0.3 is 5.73 Å². The highest BCUT2D eigenvalue weighted by Crippen LogP contribution is 2.39. The summed E-state index contributed by atoms with van der Waals surface area (Å²) in [5.74, 6) is -1.34. The fourth-order valence-corrected chi connectivity index (χ4v) is 1.57. The maximum Gasteiger partial charge on any atom is 0.421 e. The highest BCUT2D eigenvalue weighted by molar-refractivity contribution is 7.98. The van der Waals surface area contributed by atoms with Crippen LogP contribution < -0.4 is 5.73 Å². The lowest BCUT2D eigenvalue weighted by Gasteiger charge is -2.13. The number of alkyl halides is 3. The summed E-state index contributed by atoms with van der Waals surface area (Å²) in [5, 5.41) is 0. The van der Waals surface area contributed by atoms with Crippen LogP contribution in [0.1, 0.15) is 5.56 Å². The van der Waals surface area contributed by atoms with E-state index in [0.29, 0.717) is 0 Å². The quantitative estimate of drug-likeness (QED) is 0.451.